The first-order valence-electron chi connectivity index (χ1n) is 12.6. The van der Waals surface area contributed by atoms with Crippen LogP contribution in [0.25, 0.3) is 0 Å². The van der Waals surface area contributed by atoms with Crippen LogP contribution in [-0.4, -0.2) is 52.8 Å². The molecule has 6 nitrogen and oxygen atoms in total. The van der Waals surface area contributed by atoms with E-state index in [9.17, 15) is 9.59 Å². The largest absolute Gasteiger partial charge is 0.486 e. The fourth-order valence-corrected chi connectivity index (χ4v) is 5.81. The van der Waals surface area contributed by atoms with Crippen molar-refractivity contribution in [2.24, 2.45) is 0 Å². The zero-order valence-corrected chi connectivity index (χ0v) is 21.7. The van der Waals surface area contributed by atoms with Crippen LogP contribution >= 0.6 is 11.8 Å². The molecule has 0 aliphatic carbocycles. The van der Waals surface area contributed by atoms with E-state index in [1.54, 1.807) is 12.1 Å². The molecule has 3 heterocycles. The summed E-state index contributed by atoms with van der Waals surface area (Å²) in [6.07, 6.45) is 1.30. The van der Waals surface area contributed by atoms with Crippen molar-refractivity contribution in [3.05, 3.63) is 88.4 Å². The van der Waals surface area contributed by atoms with Crippen LogP contribution in [0.15, 0.2) is 59.0 Å². The van der Waals surface area contributed by atoms with E-state index in [0.29, 0.717) is 30.2 Å². The van der Waals surface area contributed by atoms with Crippen LogP contribution in [0, 0.1) is 6.92 Å². The van der Waals surface area contributed by atoms with Gasteiger partial charge in [0.1, 0.15) is 18.1 Å². The van der Waals surface area contributed by atoms with Crippen molar-refractivity contribution in [1.29, 1.82) is 0 Å². The molecule has 7 heteroatoms. The van der Waals surface area contributed by atoms with Crippen LogP contribution in [-0.2, 0) is 17.8 Å². The normalized spacial score (nSPS) is 17.6. The molecular formula is C29H32N2O4S. The molecule has 5 rings (SSSR count). The Morgan fingerprint density at radius 1 is 1.03 bits per heavy atom. The molecule has 0 saturated carbocycles. The minimum atomic E-state index is -0.138. The first-order valence-corrected chi connectivity index (χ1v) is 13.8. The van der Waals surface area contributed by atoms with E-state index in [-0.39, 0.29) is 24.5 Å². The molecule has 1 aromatic heterocycles. The third-order valence-electron chi connectivity index (χ3n) is 6.91. The van der Waals surface area contributed by atoms with Crippen LogP contribution in [0.4, 0.5) is 0 Å². The average molecular weight is 505 g/mol. The molecule has 2 aliphatic heterocycles. The van der Waals surface area contributed by atoms with Crippen LogP contribution in [0.1, 0.15) is 58.0 Å². The van der Waals surface area contributed by atoms with E-state index < -0.39 is 0 Å². The highest BCUT2D eigenvalue weighted by molar-refractivity contribution is 7.99. The molecule has 1 saturated heterocycles. The monoisotopic (exact) mass is 504 g/mol. The lowest BCUT2D eigenvalue weighted by Crippen LogP contribution is -2.40. The minimum Gasteiger partial charge on any atom is -0.486 e. The van der Waals surface area contributed by atoms with Crippen molar-refractivity contribution in [1.82, 2.24) is 9.80 Å². The molecule has 0 spiro atoms. The smallest absolute Gasteiger partial charge is 0.289 e. The molecule has 188 valence electrons. The van der Waals surface area contributed by atoms with Gasteiger partial charge >= 0.3 is 0 Å². The molecule has 2 aromatic carbocycles. The maximum Gasteiger partial charge on any atom is 0.289 e. The summed E-state index contributed by atoms with van der Waals surface area (Å²) >= 11 is 1.87. The standard InChI is InChI=1S/C29H32N2O4S/c1-3-27(32)31-13-12-21-8-9-23(18-25(21)28(31)22-6-4-20(2)5-7-22)34-19-24-10-11-26(35-24)29(33)30-14-16-36-17-15-30/h4-11,18,28H,3,12-17,19H2,1-2H3/t28-/m0/s1. The molecule has 0 bridgehead atoms. The summed E-state index contributed by atoms with van der Waals surface area (Å²) in [6, 6.07) is 17.9. The molecule has 0 N–H and O–H groups in total. The maximum atomic E-state index is 12.8. The molecule has 1 fully saturated rings. The number of carbonyl (C=O) groups is 2. The molecule has 0 radical (unpaired) electrons. The third-order valence-corrected chi connectivity index (χ3v) is 7.86. The van der Waals surface area contributed by atoms with E-state index in [4.69, 9.17) is 9.15 Å². The van der Waals surface area contributed by atoms with Gasteiger partial charge in [-0.2, -0.15) is 11.8 Å². The van der Waals surface area contributed by atoms with Gasteiger partial charge in [-0.25, -0.2) is 0 Å². The molecule has 2 amide bonds. The lowest BCUT2D eigenvalue weighted by molar-refractivity contribution is -0.132. The zero-order valence-electron chi connectivity index (χ0n) is 20.9. The Balaban J connectivity index is 1.34. The number of rotatable bonds is 6. The third kappa shape index (κ3) is 5.16. The highest BCUT2D eigenvalue weighted by atomic mass is 32.2. The van der Waals surface area contributed by atoms with Gasteiger partial charge in [-0.1, -0.05) is 42.8 Å². The Morgan fingerprint density at radius 3 is 2.56 bits per heavy atom. The second-order valence-electron chi connectivity index (χ2n) is 9.32. The highest BCUT2D eigenvalue weighted by Crippen LogP contribution is 2.37. The summed E-state index contributed by atoms with van der Waals surface area (Å²) in [5.41, 5.74) is 4.63. The fourth-order valence-electron chi connectivity index (χ4n) is 4.91. The van der Waals surface area contributed by atoms with Crippen LogP contribution in [0.3, 0.4) is 0 Å². The topological polar surface area (TPSA) is 63.0 Å². The molecule has 3 aromatic rings. The Labute approximate surface area is 216 Å². The SMILES string of the molecule is CCC(=O)N1CCc2ccc(OCc3ccc(C(=O)N4CCSCC4)o3)cc2[C@@H]1c1ccc(C)cc1. The van der Waals surface area contributed by atoms with Gasteiger partial charge in [0.25, 0.3) is 5.91 Å². The summed E-state index contributed by atoms with van der Waals surface area (Å²) in [5.74, 6) is 3.71. The molecular weight excluding hydrogens is 472 g/mol. The Kier molecular flexibility index (Phi) is 7.37. The van der Waals surface area contributed by atoms with Gasteiger partial charge in [0.05, 0.1) is 6.04 Å². The number of hydrogen-bond donors (Lipinski definition) is 0. The predicted octanol–water partition coefficient (Wildman–Crippen LogP) is 5.24. The molecule has 2 aliphatic rings. The first kappa shape index (κ1) is 24.5. The summed E-state index contributed by atoms with van der Waals surface area (Å²) < 4.78 is 11.9. The van der Waals surface area contributed by atoms with E-state index in [2.05, 4.69) is 43.3 Å². The van der Waals surface area contributed by atoms with Gasteiger partial charge in [-0.15, -0.1) is 0 Å². The number of aryl methyl sites for hydroxylation is 1. The number of carbonyl (C=O) groups excluding carboxylic acids is 2. The fraction of sp³-hybridized carbons (Fsp3) is 0.379. The Bertz CT molecular complexity index is 1230. The van der Waals surface area contributed by atoms with Gasteiger partial charge < -0.3 is 19.0 Å². The van der Waals surface area contributed by atoms with Crippen molar-refractivity contribution < 1.29 is 18.7 Å². The van der Waals surface area contributed by atoms with Crippen molar-refractivity contribution in [2.75, 3.05) is 31.1 Å². The Hall–Kier alpha value is -3.19. The predicted molar refractivity (Wildman–Crippen MR) is 141 cm³/mol. The molecule has 36 heavy (non-hydrogen) atoms. The van der Waals surface area contributed by atoms with Crippen molar-refractivity contribution in [2.45, 2.75) is 39.3 Å². The van der Waals surface area contributed by atoms with Crippen LogP contribution in [0.2, 0.25) is 0 Å². The lowest BCUT2D eigenvalue weighted by Gasteiger charge is -2.38. The van der Waals surface area contributed by atoms with E-state index in [1.807, 2.05) is 34.6 Å². The second-order valence-corrected chi connectivity index (χ2v) is 10.5. The number of ether oxygens (including phenoxy) is 1. The van der Waals surface area contributed by atoms with Crippen LogP contribution < -0.4 is 4.74 Å². The number of fused-ring (bicyclic) bond motifs is 1. The number of amides is 2. The van der Waals surface area contributed by atoms with Crippen LogP contribution in [0.5, 0.6) is 5.75 Å². The summed E-state index contributed by atoms with van der Waals surface area (Å²) in [4.78, 5) is 29.4. The van der Waals surface area contributed by atoms with Gasteiger partial charge in [-0.05, 0) is 54.3 Å². The van der Waals surface area contributed by atoms with Gasteiger partial charge in [0.15, 0.2) is 5.76 Å². The van der Waals surface area contributed by atoms with E-state index in [1.165, 1.54) is 11.1 Å². The number of furan rings is 1. The average Bonchev–Trinajstić information content (AvgIpc) is 3.40. The summed E-state index contributed by atoms with van der Waals surface area (Å²) in [7, 11) is 0. The quantitative estimate of drug-likeness (QED) is 0.459. The van der Waals surface area contributed by atoms with Crippen molar-refractivity contribution >= 4 is 23.6 Å². The molecule has 1 atom stereocenters. The number of nitrogens with zero attached hydrogens (tertiary/aromatic N) is 2. The lowest BCUT2D eigenvalue weighted by atomic mass is 9.87. The second kappa shape index (κ2) is 10.8. The number of benzene rings is 2. The first-order chi connectivity index (χ1) is 17.5. The minimum absolute atomic E-state index is 0.0584. The Morgan fingerprint density at radius 2 is 1.81 bits per heavy atom. The molecule has 0 unspecified atom stereocenters. The van der Waals surface area contributed by atoms with Gasteiger partial charge in [-0.3, -0.25) is 9.59 Å². The van der Waals surface area contributed by atoms with E-state index in [0.717, 1.165) is 42.1 Å². The van der Waals surface area contributed by atoms with Crippen molar-refractivity contribution in [3.8, 4) is 5.75 Å². The number of thioether (sulfide) groups is 1. The zero-order chi connectivity index (χ0) is 25.1. The van der Waals surface area contributed by atoms with Crippen molar-refractivity contribution in [3.63, 3.8) is 0 Å². The number of hydrogen-bond acceptors (Lipinski definition) is 5. The van der Waals surface area contributed by atoms with E-state index >= 15 is 0 Å². The van der Waals surface area contributed by atoms with Gasteiger partial charge in [0, 0.05) is 37.6 Å². The highest BCUT2D eigenvalue weighted by Gasteiger charge is 2.31. The summed E-state index contributed by atoms with van der Waals surface area (Å²) in [6.45, 7) is 6.43. The van der Waals surface area contributed by atoms with Gasteiger partial charge in [0.2, 0.25) is 5.91 Å². The summed E-state index contributed by atoms with van der Waals surface area (Å²) in [5, 5.41) is 0. The maximum absolute atomic E-state index is 12.8.